The summed E-state index contributed by atoms with van der Waals surface area (Å²) >= 11 is 0. The van der Waals surface area contributed by atoms with Crippen molar-refractivity contribution in [2.24, 2.45) is 0 Å². The lowest BCUT2D eigenvalue weighted by molar-refractivity contribution is -0.125. The summed E-state index contributed by atoms with van der Waals surface area (Å²) in [5, 5.41) is 12.1. The highest BCUT2D eigenvalue weighted by Crippen LogP contribution is 2.34. The molecule has 27 heavy (non-hydrogen) atoms. The Labute approximate surface area is 156 Å². The monoisotopic (exact) mass is 368 g/mol. The SMILES string of the molecule is Cc1cccc(NC(=O)C(C)N2C(=O)COc3ccc(C(=O)O)cc32)c1C. The molecule has 0 saturated carbocycles. The van der Waals surface area contributed by atoms with Gasteiger partial charge in [-0.05, 0) is 56.2 Å². The van der Waals surface area contributed by atoms with Crippen LogP contribution < -0.4 is 15.0 Å². The fourth-order valence-corrected chi connectivity index (χ4v) is 2.97. The van der Waals surface area contributed by atoms with Crippen molar-refractivity contribution in [2.75, 3.05) is 16.8 Å². The first-order valence-corrected chi connectivity index (χ1v) is 8.49. The second-order valence-electron chi connectivity index (χ2n) is 6.45. The molecule has 1 heterocycles. The Morgan fingerprint density at radius 3 is 2.67 bits per heavy atom. The molecule has 2 aromatic carbocycles. The normalized spacial score (nSPS) is 14.2. The number of hydrogen-bond acceptors (Lipinski definition) is 4. The summed E-state index contributed by atoms with van der Waals surface area (Å²) in [6, 6.07) is 8.98. The average Bonchev–Trinajstić information content (AvgIpc) is 2.64. The van der Waals surface area contributed by atoms with Gasteiger partial charge in [-0.3, -0.25) is 14.5 Å². The summed E-state index contributed by atoms with van der Waals surface area (Å²) in [6.45, 7) is 5.24. The zero-order chi connectivity index (χ0) is 19.7. The Balaban J connectivity index is 1.92. The zero-order valence-electron chi connectivity index (χ0n) is 15.3. The topological polar surface area (TPSA) is 95.9 Å². The van der Waals surface area contributed by atoms with E-state index in [4.69, 9.17) is 4.74 Å². The van der Waals surface area contributed by atoms with E-state index in [0.29, 0.717) is 11.4 Å². The number of carbonyl (C=O) groups excluding carboxylic acids is 2. The van der Waals surface area contributed by atoms with Crippen LogP contribution in [0.5, 0.6) is 5.75 Å². The smallest absolute Gasteiger partial charge is 0.335 e. The zero-order valence-corrected chi connectivity index (χ0v) is 15.3. The number of hydrogen-bond donors (Lipinski definition) is 2. The molecule has 2 amide bonds. The van der Waals surface area contributed by atoms with Gasteiger partial charge in [0.1, 0.15) is 11.8 Å². The molecule has 0 radical (unpaired) electrons. The lowest BCUT2D eigenvalue weighted by atomic mass is 10.1. The number of nitrogens with zero attached hydrogens (tertiary/aromatic N) is 1. The molecule has 0 bridgehead atoms. The van der Waals surface area contributed by atoms with E-state index >= 15 is 0 Å². The van der Waals surface area contributed by atoms with Crippen molar-refractivity contribution >= 4 is 29.2 Å². The summed E-state index contributed by atoms with van der Waals surface area (Å²) < 4.78 is 5.37. The second-order valence-corrected chi connectivity index (χ2v) is 6.45. The number of aryl methyl sites for hydroxylation is 1. The summed E-state index contributed by atoms with van der Waals surface area (Å²) in [5.74, 6) is -1.53. The molecule has 1 atom stereocenters. The van der Waals surface area contributed by atoms with E-state index in [1.165, 1.54) is 23.1 Å². The quantitative estimate of drug-likeness (QED) is 0.865. The Morgan fingerprint density at radius 1 is 1.22 bits per heavy atom. The van der Waals surface area contributed by atoms with Gasteiger partial charge in [0.15, 0.2) is 6.61 Å². The molecule has 7 heteroatoms. The molecule has 0 fully saturated rings. The van der Waals surface area contributed by atoms with E-state index in [9.17, 15) is 19.5 Å². The van der Waals surface area contributed by atoms with Crippen LogP contribution in [0.1, 0.15) is 28.4 Å². The summed E-state index contributed by atoms with van der Waals surface area (Å²) in [5.41, 5.74) is 2.94. The first-order chi connectivity index (χ1) is 12.8. The number of anilines is 2. The van der Waals surface area contributed by atoms with Crippen molar-refractivity contribution < 1.29 is 24.2 Å². The second kappa shape index (κ2) is 7.11. The molecule has 0 spiro atoms. The first kappa shape index (κ1) is 18.4. The van der Waals surface area contributed by atoms with Crippen LogP contribution in [0.15, 0.2) is 36.4 Å². The third-order valence-electron chi connectivity index (χ3n) is 4.71. The number of ether oxygens (including phenoxy) is 1. The number of aromatic carboxylic acids is 1. The fourth-order valence-electron chi connectivity index (χ4n) is 2.97. The van der Waals surface area contributed by atoms with Crippen LogP contribution >= 0.6 is 0 Å². The van der Waals surface area contributed by atoms with Crippen LogP contribution in [0.3, 0.4) is 0 Å². The number of amides is 2. The highest BCUT2D eigenvalue weighted by molar-refractivity contribution is 6.07. The minimum absolute atomic E-state index is 0.0131. The predicted molar refractivity (Wildman–Crippen MR) is 100 cm³/mol. The van der Waals surface area contributed by atoms with Gasteiger partial charge in [-0.25, -0.2) is 4.79 Å². The molecule has 2 N–H and O–H groups in total. The minimum Gasteiger partial charge on any atom is -0.482 e. The molecular weight excluding hydrogens is 348 g/mol. The largest absolute Gasteiger partial charge is 0.482 e. The third-order valence-corrected chi connectivity index (χ3v) is 4.71. The molecule has 0 aliphatic carbocycles. The van der Waals surface area contributed by atoms with Crippen molar-refractivity contribution in [3.8, 4) is 5.75 Å². The molecular formula is C20H20N2O5. The Morgan fingerprint density at radius 2 is 1.96 bits per heavy atom. The number of carbonyl (C=O) groups is 3. The van der Waals surface area contributed by atoms with Crippen LogP contribution in [0.4, 0.5) is 11.4 Å². The Bertz CT molecular complexity index is 938. The molecule has 0 aromatic heterocycles. The van der Waals surface area contributed by atoms with Gasteiger partial charge in [-0.1, -0.05) is 12.1 Å². The molecule has 1 unspecified atom stereocenters. The average molecular weight is 368 g/mol. The maximum absolute atomic E-state index is 12.8. The lowest BCUT2D eigenvalue weighted by Gasteiger charge is -2.33. The van der Waals surface area contributed by atoms with Crippen LogP contribution in [-0.2, 0) is 9.59 Å². The van der Waals surface area contributed by atoms with E-state index < -0.39 is 17.9 Å². The maximum Gasteiger partial charge on any atom is 0.335 e. The molecule has 140 valence electrons. The van der Waals surface area contributed by atoms with Crippen LogP contribution in [0, 0.1) is 13.8 Å². The van der Waals surface area contributed by atoms with Crippen molar-refractivity contribution in [3.05, 3.63) is 53.1 Å². The van der Waals surface area contributed by atoms with Gasteiger partial charge in [0.2, 0.25) is 5.91 Å². The fraction of sp³-hybridized carbons (Fsp3) is 0.250. The summed E-state index contributed by atoms with van der Waals surface area (Å²) in [7, 11) is 0. The predicted octanol–water partition coefficient (Wildman–Crippen LogP) is 2.75. The van der Waals surface area contributed by atoms with Gasteiger partial charge < -0.3 is 15.2 Å². The van der Waals surface area contributed by atoms with Gasteiger partial charge in [0.05, 0.1) is 11.3 Å². The number of carboxylic acids is 1. The molecule has 1 aliphatic rings. The van der Waals surface area contributed by atoms with E-state index in [-0.39, 0.29) is 23.8 Å². The first-order valence-electron chi connectivity index (χ1n) is 8.49. The van der Waals surface area contributed by atoms with Gasteiger partial charge in [-0.2, -0.15) is 0 Å². The van der Waals surface area contributed by atoms with Gasteiger partial charge in [0, 0.05) is 5.69 Å². The molecule has 7 nitrogen and oxygen atoms in total. The van der Waals surface area contributed by atoms with Crippen molar-refractivity contribution in [1.82, 2.24) is 0 Å². The van der Waals surface area contributed by atoms with Gasteiger partial charge >= 0.3 is 5.97 Å². The van der Waals surface area contributed by atoms with Crippen molar-refractivity contribution in [3.63, 3.8) is 0 Å². The third kappa shape index (κ3) is 3.48. The number of benzene rings is 2. The van der Waals surface area contributed by atoms with Crippen LogP contribution in [-0.4, -0.2) is 35.5 Å². The van der Waals surface area contributed by atoms with E-state index in [2.05, 4.69) is 5.32 Å². The number of carboxylic acid groups (broad SMARTS) is 1. The van der Waals surface area contributed by atoms with E-state index in [1.54, 1.807) is 13.0 Å². The number of fused-ring (bicyclic) bond motifs is 1. The minimum atomic E-state index is -1.12. The molecule has 2 aromatic rings. The summed E-state index contributed by atoms with van der Waals surface area (Å²) in [4.78, 5) is 37.8. The van der Waals surface area contributed by atoms with E-state index in [0.717, 1.165) is 11.1 Å². The molecule has 0 saturated heterocycles. The van der Waals surface area contributed by atoms with Crippen LogP contribution in [0.25, 0.3) is 0 Å². The Kier molecular flexibility index (Phi) is 4.85. The van der Waals surface area contributed by atoms with Gasteiger partial charge in [0.25, 0.3) is 5.91 Å². The standard InChI is InChI=1S/C20H20N2O5/c1-11-5-4-6-15(12(11)2)21-19(24)13(3)22-16-9-14(20(25)26)7-8-17(16)27-10-18(22)23/h4-9,13H,10H2,1-3H3,(H,21,24)(H,25,26). The summed E-state index contributed by atoms with van der Waals surface area (Å²) in [6.07, 6.45) is 0. The number of rotatable bonds is 4. The Hall–Kier alpha value is -3.35. The number of nitrogens with one attached hydrogen (secondary N) is 1. The van der Waals surface area contributed by atoms with Crippen molar-refractivity contribution in [1.29, 1.82) is 0 Å². The van der Waals surface area contributed by atoms with Crippen LogP contribution in [0.2, 0.25) is 0 Å². The van der Waals surface area contributed by atoms with Crippen molar-refractivity contribution in [2.45, 2.75) is 26.8 Å². The highest BCUT2D eigenvalue weighted by Gasteiger charge is 2.33. The molecule has 1 aliphatic heterocycles. The lowest BCUT2D eigenvalue weighted by Crippen LogP contribution is -2.49. The maximum atomic E-state index is 12.8. The van der Waals surface area contributed by atoms with Gasteiger partial charge in [-0.15, -0.1) is 0 Å². The highest BCUT2D eigenvalue weighted by atomic mass is 16.5. The van der Waals surface area contributed by atoms with E-state index in [1.807, 2.05) is 26.0 Å². The molecule has 3 rings (SSSR count).